The van der Waals surface area contributed by atoms with E-state index in [0.717, 1.165) is 35.1 Å². The van der Waals surface area contributed by atoms with E-state index in [4.69, 9.17) is 4.74 Å². The van der Waals surface area contributed by atoms with Crippen molar-refractivity contribution in [3.05, 3.63) is 53.8 Å². The van der Waals surface area contributed by atoms with E-state index >= 15 is 0 Å². The summed E-state index contributed by atoms with van der Waals surface area (Å²) in [5.74, 6) is -0.523. The number of H-pyrrole nitrogens is 1. The van der Waals surface area contributed by atoms with Gasteiger partial charge in [0, 0.05) is 10.9 Å². The van der Waals surface area contributed by atoms with Crippen molar-refractivity contribution in [1.82, 2.24) is 4.98 Å². The maximum atomic E-state index is 13.2. The predicted octanol–water partition coefficient (Wildman–Crippen LogP) is 4.78. The minimum Gasteiger partial charge on any atom is -0.494 e. The van der Waals surface area contributed by atoms with Crippen LogP contribution in [0.4, 0.5) is 4.39 Å². The van der Waals surface area contributed by atoms with E-state index in [-0.39, 0.29) is 12.2 Å². The molecule has 4 nitrogen and oxygen atoms in total. The number of rotatable bonds is 7. The summed E-state index contributed by atoms with van der Waals surface area (Å²) in [6.07, 6.45) is 1.89. The number of hydrogen-bond acceptors (Lipinski definition) is 2. The third-order valence-corrected chi connectivity index (χ3v) is 4.11. The van der Waals surface area contributed by atoms with Gasteiger partial charge >= 0.3 is 5.97 Å². The molecule has 2 aromatic carbocycles. The predicted molar refractivity (Wildman–Crippen MR) is 95.4 cm³/mol. The fraction of sp³-hybridized carbons (Fsp3) is 0.250. The Hall–Kier alpha value is -2.82. The van der Waals surface area contributed by atoms with Crippen LogP contribution < -0.4 is 4.74 Å². The van der Waals surface area contributed by atoms with E-state index in [1.807, 2.05) is 18.2 Å². The zero-order chi connectivity index (χ0) is 17.8. The van der Waals surface area contributed by atoms with Crippen LogP contribution in [0.1, 0.15) is 25.3 Å². The normalized spacial score (nSPS) is 11.0. The van der Waals surface area contributed by atoms with Gasteiger partial charge in [0.15, 0.2) is 0 Å². The summed E-state index contributed by atoms with van der Waals surface area (Å²) in [5.41, 5.74) is 2.96. The van der Waals surface area contributed by atoms with Crippen LogP contribution in [0.2, 0.25) is 0 Å². The van der Waals surface area contributed by atoms with Crippen molar-refractivity contribution in [1.29, 1.82) is 0 Å². The van der Waals surface area contributed by atoms with Crippen molar-refractivity contribution >= 4 is 16.9 Å². The lowest BCUT2D eigenvalue weighted by molar-refractivity contribution is -0.136. The molecule has 5 heteroatoms. The van der Waals surface area contributed by atoms with Crippen molar-refractivity contribution in [2.75, 3.05) is 6.61 Å². The van der Waals surface area contributed by atoms with Crippen molar-refractivity contribution < 1.29 is 19.0 Å². The van der Waals surface area contributed by atoms with E-state index in [0.29, 0.717) is 17.9 Å². The van der Waals surface area contributed by atoms with Gasteiger partial charge in [0.1, 0.15) is 11.6 Å². The van der Waals surface area contributed by atoms with Crippen LogP contribution in [0, 0.1) is 5.82 Å². The van der Waals surface area contributed by atoms with Gasteiger partial charge in [0.05, 0.1) is 18.7 Å². The average Bonchev–Trinajstić information content (AvgIpc) is 2.93. The van der Waals surface area contributed by atoms with Crippen LogP contribution in [0.25, 0.3) is 22.2 Å². The Morgan fingerprint density at radius 1 is 1.20 bits per heavy atom. The van der Waals surface area contributed by atoms with Gasteiger partial charge in [-0.15, -0.1) is 0 Å². The number of carboxylic acids is 1. The highest BCUT2D eigenvalue weighted by atomic mass is 19.1. The lowest BCUT2D eigenvalue weighted by Gasteiger charge is -2.06. The lowest BCUT2D eigenvalue weighted by Crippen LogP contribution is -2.01. The number of fused-ring (bicyclic) bond motifs is 1. The summed E-state index contributed by atoms with van der Waals surface area (Å²) in [7, 11) is 0. The molecule has 0 saturated heterocycles. The number of carbonyl (C=O) groups is 1. The third kappa shape index (κ3) is 3.82. The monoisotopic (exact) mass is 341 g/mol. The first-order valence-electron chi connectivity index (χ1n) is 8.33. The Labute approximate surface area is 145 Å². The number of aromatic nitrogens is 1. The molecule has 0 radical (unpaired) electrons. The molecule has 2 N–H and O–H groups in total. The van der Waals surface area contributed by atoms with Crippen molar-refractivity contribution in [2.45, 2.75) is 26.2 Å². The third-order valence-electron chi connectivity index (χ3n) is 4.11. The molecular weight excluding hydrogens is 321 g/mol. The van der Waals surface area contributed by atoms with Crippen molar-refractivity contribution in [3.63, 3.8) is 0 Å². The Bertz CT molecular complexity index is 884. The molecule has 1 aromatic heterocycles. The number of aliphatic carboxylic acids is 1. The minimum absolute atomic E-state index is 0.120. The van der Waals surface area contributed by atoms with Gasteiger partial charge in [-0.2, -0.15) is 0 Å². The van der Waals surface area contributed by atoms with E-state index in [1.54, 1.807) is 12.1 Å². The van der Waals surface area contributed by atoms with E-state index in [9.17, 15) is 14.3 Å². The molecule has 130 valence electrons. The number of benzene rings is 2. The molecule has 3 rings (SSSR count). The smallest absolute Gasteiger partial charge is 0.307 e. The number of halogens is 1. The van der Waals surface area contributed by atoms with Gasteiger partial charge in [0.25, 0.3) is 0 Å². The highest BCUT2D eigenvalue weighted by Crippen LogP contribution is 2.33. The molecule has 0 fully saturated rings. The molecule has 0 bridgehead atoms. The van der Waals surface area contributed by atoms with Gasteiger partial charge in [-0.1, -0.05) is 13.3 Å². The molecule has 1 heterocycles. The van der Waals surface area contributed by atoms with E-state index in [1.165, 1.54) is 12.1 Å². The van der Waals surface area contributed by atoms with Crippen molar-refractivity contribution in [3.8, 4) is 17.0 Å². The highest BCUT2D eigenvalue weighted by molar-refractivity contribution is 5.94. The standard InChI is InChI=1S/C20H20FNO3/c1-2-3-10-25-15-8-9-18-16(11-15)17(12-19(23)24)20(22-18)13-4-6-14(21)7-5-13/h4-9,11,22H,2-3,10,12H2,1H3,(H,23,24). The molecule has 0 aliphatic carbocycles. The number of unbranched alkanes of at least 4 members (excludes halogenated alkanes) is 1. The molecule has 0 atom stereocenters. The fourth-order valence-corrected chi connectivity index (χ4v) is 2.85. The fourth-order valence-electron chi connectivity index (χ4n) is 2.85. The number of carboxylic acid groups (broad SMARTS) is 1. The van der Waals surface area contributed by atoms with Crippen LogP contribution in [0.5, 0.6) is 5.75 Å². The second kappa shape index (κ2) is 7.38. The van der Waals surface area contributed by atoms with Gasteiger partial charge in [-0.05, 0) is 60.0 Å². The Kier molecular flexibility index (Phi) is 5.03. The number of nitrogens with one attached hydrogen (secondary N) is 1. The first kappa shape index (κ1) is 17.0. The second-order valence-electron chi connectivity index (χ2n) is 5.97. The second-order valence-corrected chi connectivity index (χ2v) is 5.97. The Morgan fingerprint density at radius 3 is 2.64 bits per heavy atom. The average molecular weight is 341 g/mol. The van der Waals surface area contributed by atoms with Gasteiger partial charge in [-0.25, -0.2) is 4.39 Å². The summed E-state index contributed by atoms with van der Waals surface area (Å²) >= 11 is 0. The molecule has 0 aliphatic heterocycles. The van der Waals surface area contributed by atoms with Crippen LogP contribution in [0.15, 0.2) is 42.5 Å². The zero-order valence-electron chi connectivity index (χ0n) is 14.0. The van der Waals surface area contributed by atoms with E-state index < -0.39 is 5.97 Å². The summed E-state index contributed by atoms with van der Waals surface area (Å²) in [5, 5.41) is 10.1. The number of ether oxygens (including phenoxy) is 1. The summed E-state index contributed by atoms with van der Waals surface area (Å²) in [4.78, 5) is 14.6. The molecule has 0 amide bonds. The maximum Gasteiger partial charge on any atom is 0.307 e. The first-order valence-corrected chi connectivity index (χ1v) is 8.33. The van der Waals surface area contributed by atoms with Gasteiger partial charge in [0.2, 0.25) is 0 Å². The SMILES string of the molecule is CCCCOc1ccc2[nH]c(-c3ccc(F)cc3)c(CC(=O)O)c2c1. The molecule has 0 saturated carbocycles. The number of hydrogen-bond donors (Lipinski definition) is 2. The maximum absolute atomic E-state index is 13.2. The number of aromatic amines is 1. The van der Waals surface area contributed by atoms with Crippen LogP contribution in [-0.2, 0) is 11.2 Å². The minimum atomic E-state index is -0.915. The quantitative estimate of drug-likeness (QED) is 0.608. The van der Waals surface area contributed by atoms with Crippen LogP contribution >= 0.6 is 0 Å². The molecule has 0 spiro atoms. The molecular formula is C20H20FNO3. The molecule has 25 heavy (non-hydrogen) atoms. The van der Waals surface area contributed by atoms with Gasteiger partial charge in [-0.3, -0.25) is 4.79 Å². The highest BCUT2D eigenvalue weighted by Gasteiger charge is 2.16. The molecule has 0 aliphatic rings. The lowest BCUT2D eigenvalue weighted by atomic mass is 10.0. The first-order chi connectivity index (χ1) is 12.1. The molecule has 3 aromatic rings. The van der Waals surface area contributed by atoms with Crippen LogP contribution in [0.3, 0.4) is 0 Å². The molecule has 0 unspecified atom stereocenters. The summed E-state index contributed by atoms with van der Waals surface area (Å²) < 4.78 is 18.9. The van der Waals surface area contributed by atoms with E-state index in [2.05, 4.69) is 11.9 Å². The topological polar surface area (TPSA) is 62.3 Å². The largest absolute Gasteiger partial charge is 0.494 e. The summed E-state index contributed by atoms with van der Waals surface area (Å²) in [6.45, 7) is 2.73. The zero-order valence-corrected chi connectivity index (χ0v) is 14.0. The van der Waals surface area contributed by atoms with Crippen LogP contribution in [-0.4, -0.2) is 22.7 Å². The Balaban J connectivity index is 2.06. The summed E-state index contributed by atoms with van der Waals surface area (Å²) in [6, 6.07) is 11.6. The van der Waals surface area contributed by atoms with Crippen molar-refractivity contribution in [2.24, 2.45) is 0 Å². The van der Waals surface area contributed by atoms with Gasteiger partial charge < -0.3 is 14.8 Å². The Morgan fingerprint density at radius 2 is 1.96 bits per heavy atom.